The molecule has 2 aromatic heterocycles. The van der Waals surface area contributed by atoms with Crippen molar-refractivity contribution >= 4 is 26.7 Å². The maximum Gasteiger partial charge on any atom is 0.151 e. The first-order chi connectivity index (χ1) is 10.7. The van der Waals surface area contributed by atoms with Crippen LogP contribution in [-0.4, -0.2) is 35.0 Å². The maximum atomic E-state index is 11.4. The highest BCUT2D eigenvalue weighted by molar-refractivity contribution is 7.90. The summed E-state index contributed by atoms with van der Waals surface area (Å²) in [5.41, 5.74) is 9.73. The van der Waals surface area contributed by atoms with Crippen LogP contribution in [0.5, 0.6) is 0 Å². The molecular weight excluding hydrogens is 312 g/mol. The zero-order valence-electron chi connectivity index (χ0n) is 14.4. The highest BCUT2D eigenvalue weighted by atomic mass is 32.2. The molecule has 6 nitrogen and oxygen atoms in total. The Morgan fingerprint density at radius 3 is 2.48 bits per heavy atom. The lowest BCUT2D eigenvalue weighted by atomic mass is 10.2. The first kappa shape index (κ1) is 17.7. The Labute approximate surface area is 138 Å². The molecule has 128 valence electrons. The summed E-state index contributed by atoms with van der Waals surface area (Å²) in [6.07, 6.45) is 4.83. The van der Waals surface area contributed by atoms with E-state index in [0.29, 0.717) is 18.8 Å². The molecule has 0 amide bonds. The monoisotopic (exact) mass is 338 g/mol. The molecular formula is C16H26N4O2S. The Balaban J connectivity index is 2.48. The van der Waals surface area contributed by atoms with Gasteiger partial charge in [-0.25, -0.2) is 18.4 Å². The van der Waals surface area contributed by atoms with Gasteiger partial charge in [-0.3, -0.25) is 0 Å². The molecule has 0 aliphatic rings. The summed E-state index contributed by atoms with van der Waals surface area (Å²) >= 11 is 0. The van der Waals surface area contributed by atoms with Crippen molar-refractivity contribution in [3.05, 3.63) is 17.1 Å². The number of aryl methyl sites for hydroxylation is 4. The van der Waals surface area contributed by atoms with Crippen LogP contribution in [-0.2, 0) is 22.8 Å². The summed E-state index contributed by atoms with van der Waals surface area (Å²) in [4.78, 5) is 9.05. The Morgan fingerprint density at radius 2 is 1.87 bits per heavy atom. The van der Waals surface area contributed by atoms with Crippen LogP contribution in [0.1, 0.15) is 43.3 Å². The minimum atomic E-state index is -2.96. The molecule has 23 heavy (non-hydrogen) atoms. The number of nitrogen functional groups attached to an aromatic ring is 1. The molecule has 0 atom stereocenters. The van der Waals surface area contributed by atoms with E-state index in [2.05, 4.69) is 16.5 Å². The minimum absolute atomic E-state index is 0.179. The number of anilines is 1. The molecule has 2 heterocycles. The maximum absolute atomic E-state index is 11.4. The Morgan fingerprint density at radius 1 is 1.17 bits per heavy atom. The van der Waals surface area contributed by atoms with Gasteiger partial charge in [0, 0.05) is 24.9 Å². The average Bonchev–Trinajstić information content (AvgIpc) is 2.81. The average molecular weight is 338 g/mol. The van der Waals surface area contributed by atoms with E-state index in [1.54, 1.807) is 0 Å². The van der Waals surface area contributed by atoms with E-state index in [4.69, 9.17) is 10.7 Å². The second kappa shape index (κ2) is 6.86. The van der Waals surface area contributed by atoms with Gasteiger partial charge in [0.25, 0.3) is 0 Å². The van der Waals surface area contributed by atoms with Gasteiger partial charge in [-0.2, -0.15) is 0 Å². The van der Waals surface area contributed by atoms with E-state index >= 15 is 0 Å². The van der Waals surface area contributed by atoms with Crippen LogP contribution in [0.15, 0.2) is 0 Å². The standard InChI is InChI=1S/C16H26N4O2S/c1-5-6-8-13-19-14-15(11(2)12(3)18-16(14)17)20(13)9-7-10-23(4,21)22/h5-10H2,1-4H3,(H2,17,18). The number of hydrogen-bond donors (Lipinski definition) is 1. The van der Waals surface area contributed by atoms with Crippen molar-refractivity contribution in [2.75, 3.05) is 17.7 Å². The molecule has 0 aliphatic carbocycles. The van der Waals surface area contributed by atoms with Crippen LogP contribution in [0.3, 0.4) is 0 Å². The zero-order chi connectivity index (χ0) is 17.2. The van der Waals surface area contributed by atoms with E-state index < -0.39 is 9.84 Å². The van der Waals surface area contributed by atoms with Crippen molar-refractivity contribution in [2.45, 2.75) is 53.0 Å². The highest BCUT2D eigenvalue weighted by Crippen LogP contribution is 2.27. The first-order valence-corrected chi connectivity index (χ1v) is 10.1. The third kappa shape index (κ3) is 4.02. The minimum Gasteiger partial charge on any atom is -0.382 e. The van der Waals surface area contributed by atoms with Crippen LogP contribution < -0.4 is 5.73 Å². The van der Waals surface area contributed by atoms with Crippen molar-refractivity contribution in [1.29, 1.82) is 0 Å². The summed E-state index contributed by atoms with van der Waals surface area (Å²) in [5, 5.41) is 0. The summed E-state index contributed by atoms with van der Waals surface area (Å²) in [6.45, 7) is 6.72. The van der Waals surface area contributed by atoms with E-state index in [-0.39, 0.29) is 5.75 Å². The summed E-state index contributed by atoms with van der Waals surface area (Å²) in [7, 11) is -2.96. The predicted molar refractivity (Wildman–Crippen MR) is 94.4 cm³/mol. The molecule has 0 saturated heterocycles. The fourth-order valence-electron chi connectivity index (χ4n) is 2.80. The molecule has 0 fully saturated rings. The number of nitrogens with two attached hydrogens (primary N) is 1. The van der Waals surface area contributed by atoms with E-state index in [1.165, 1.54) is 6.26 Å². The van der Waals surface area contributed by atoms with E-state index in [1.807, 2.05) is 13.8 Å². The molecule has 0 unspecified atom stereocenters. The van der Waals surface area contributed by atoms with Crippen molar-refractivity contribution in [3.8, 4) is 0 Å². The molecule has 0 aromatic carbocycles. The third-order valence-corrected chi connectivity index (χ3v) is 5.16. The van der Waals surface area contributed by atoms with Gasteiger partial charge in [0.15, 0.2) is 5.82 Å². The number of pyridine rings is 1. The second-order valence-corrected chi connectivity index (χ2v) is 8.43. The Kier molecular flexibility index (Phi) is 5.29. The molecule has 0 radical (unpaired) electrons. The number of imidazole rings is 1. The molecule has 0 bridgehead atoms. The molecule has 2 N–H and O–H groups in total. The number of rotatable bonds is 7. The van der Waals surface area contributed by atoms with E-state index in [9.17, 15) is 8.42 Å². The lowest BCUT2D eigenvalue weighted by Gasteiger charge is -2.11. The van der Waals surface area contributed by atoms with Crippen LogP contribution in [0.2, 0.25) is 0 Å². The van der Waals surface area contributed by atoms with Gasteiger partial charge >= 0.3 is 0 Å². The lowest BCUT2D eigenvalue weighted by Crippen LogP contribution is -2.10. The van der Waals surface area contributed by atoms with Crippen LogP contribution >= 0.6 is 0 Å². The second-order valence-electron chi connectivity index (χ2n) is 6.17. The van der Waals surface area contributed by atoms with Gasteiger partial charge in [0.05, 0.1) is 11.3 Å². The number of nitrogens with zero attached hydrogens (tertiary/aromatic N) is 3. The number of sulfone groups is 1. The molecule has 0 spiro atoms. The SMILES string of the molecule is CCCCc1nc2c(N)nc(C)c(C)c2n1CCCS(C)(=O)=O. The summed E-state index contributed by atoms with van der Waals surface area (Å²) in [6, 6.07) is 0. The number of unbranched alkanes of at least 4 members (excludes halogenated alkanes) is 1. The van der Waals surface area contributed by atoms with Crippen LogP contribution in [0, 0.1) is 13.8 Å². The van der Waals surface area contributed by atoms with Gasteiger partial charge in [-0.15, -0.1) is 0 Å². The molecule has 0 saturated carbocycles. The number of fused-ring (bicyclic) bond motifs is 1. The zero-order valence-corrected chi connectivity index (χ0v) is 15.2. The topological polar surface area (TPSA) is 90.9 Å². The van der Waals surface area contributed by atoms with Gasteiger partial charge in [-0.05, 0) is 32.3 Å². The first-order valence-electron chi connectivity index (χ1n) is 8.04. The van der Waals surface area contributed by atoms with Crippen molar-refractivity contribution in [3.63, 3.8) is 0 Å². The quantitative estimate of drug-likeness (QED) is 0.837. The van der Waals surface area contributed by atoms with Gasteiger partial charge < -0.3 is 10.3 Å². The number of aromatic nitrogens is 3. The fourth-order valence-corrected chi connectivity index (χ4v) is 3.45. The van der Waals surface area contributed by atoms with Crippen molar-refractivity contribution < 1.29 is 8.42 Å². The lowest BCUT2D eigenvalue weighted by molar-refractivity contribution is 0.588. The summed E-state index contributed by atoms with van der Waals surface area (Å²) in [5.74, 6) is 1.60. The predicted octanol–water partition coefficient (Wildman–Crippen LogP) is 2.41. The van der Waals surface area contributed by atoms with Crippen LogP contribution in [0.4, 0.5) is 5.82 Å². The van der Waals surface area contributed by atoms with Gasteiger partial charge in [0.1, 0.15) is 21.2 Å². The summed E-state index contributed by atoms with van der Waals surface area (Å²) < 4.78 is 24.9. The van der Waals surface area contributed by atoms with Gasteiger partial charge in [-0.1, -0.05) is 13.3 Å². The van der Waals surface area contributed by atoms with Crippen molar-refractivity contribution in [1.82, 2.24) is 14.5 Å². The highest BCUT2D eigenvalue weighted by Gasteiger charge is 2.17. The smallest absolute Gasteiger partial charge is 0.151 e. The molecule has 2 aromatic rings. The third-order valence-electron chi connectivity index (χ3n) is 4.13. The van der Waals surface area contributed by atoms with Crippen LogP contribution in [0.25, 0.3) is 11.0 Å². The Hall–Kier alpha value is -1.63. The largest absolute Gasteiger partial charge is 0.382 e. The Bertz CT molecular complexity index is 809. The fraction of sp³-hybridized carbons (Fsp3) is 0.625. The van der Waals surface area contributed by atoms with Crippen molar-refractivity contribution in [2.24, 2.45) is 0 Å². The normalized spacial score (nSPS) is 12.2. The molecule has 2 rings (SSSR count). The van der Waals surface area contributed by atoms with E-state index in [0.717, 1.165) is 47.4 Å². The number of hydrogen-bond acceptors (Lipinski definition) is 5. The molecule has 7 heteroatoms. The van der Waals surface area contributed by atoms with Gasteiger partial charge in [0.2, 0.25) is 0 Å². The molecule has 0 aliphatic heterocycles.